The second-order valence-electron chi connectivity index (χ2n) is 5.55. The molecule has 1 fully saturated rings. The first-order chi connectivity index (χ1) is 10.7. The Hall–Kier alpha value is -0.905. The maximum atomic E-state index is 11.2. The summed E-state index contributed by atoms with van der Waals surface area (Å²) in [5.74, 6) is 0. The molecule has 1 atom stereocenters. The van der Waals surface area contributed by atoms with Crippen molar-refractivity contribution >= 4 is 18.3 Å². The zero-order valence-electron chi connectivity index (χ0n) is 13.6. The quantitative estimate of drug-likeness (QED) is 0.344. The number of hydrogen-bond donors (Lipinski definition) is 0. The Morgan fingerprint density at radius 3 is 1.46 bits per heavy atom. The van der Waals surface area contributed by atoms with Crippen LogP contribution in [0.1, 0.15) is 6.92 Å². The molecule has 1 aliphatic heterocycles. The van der Waals surface area contributed by atoms with Gasteiger partial charge in [-0.3, -0.25) is 0 Å². The molecule has 0 N–H and O–H groups in total. The summed E-state index contributed by atoms with van der Waals surface area (Å²) in [5, 5.41) is 33.3. The number of carboxylic acid groups (broad SMARTS) is 3. The van der Waals surface area contributed by atoms with E-state index in [1.54, 1.807) is 14.0 Å². The van der Waals surface area contributed by atoms with Gasteiger partial charge in [-0.25, -0.2) is 0 Å². The molecule has 1 aliphatic rings. The SMILES string of the molecule is CC1CN(C(=O)[O-])CCN(C(=O)[O-])CCN(C(=O)[O-])CCN1C.[Gd+3]. The van der Waals surface area contributed by atoms with Crippen molar-refractivity contribution < 1.29 is 69.6 Å². The third kappa shape index (κ3) is 7.33. The predicted molar refractivity (Wildman–Crippen MR) is 73.0 cm³/mol. The van der Waals surface area contributed by atoms with Crippen molar-refractivity contribution in [1.82, 2.24) is 19.6 Å². The Bertz CT molecular complexity index is 452. The van der Waals surface area contributed by atoms with Gasteiger partial charge < -0.3 is 49.3 Å². The van der Waals surface area contributed by atoms with Crippen LogP contribution in [0.3, 0.4) is 0 Å². The number of carbonyl (C=O) groups excluding carboxylic acids is 3. The minimum absolute atomic E-state index is 0. The molecule has 0 spiro atoms. The van der Waals surface area contributed by atoms with Gasteiger partial charge >= 0.3 is 39.9 Å². The fraction of sp³-hybridized carbons (Fsp3) is 0.769. The first-order valence-electron chi connectivity index (χ1n) is 7.30. The number of amides is 3. The number of rotatable bonds is 0. The summed E-state index contributed by atoms with van der Waals surface area (Å²) in [6, 6.07) is -0.188. The molecule has 1 heterocycles. The van der Waals surface area contributed by atoms with Gasteiger partial charge in [-0.1, -0.05) is 0 Å². The summed E-state index contributed by atoms with van der Waals surface area (Å²) in [7, 11) is 1.75. The molecule has 1 saturated heterocycles. The predicted octanol–water partition coefficient (Wildman–Crippen LogP) is -3.74. The molecule has 3 amide bonds. The van der Waals surface area contributed by atoms with Crippen LogP contribution in [0.15, 0.2) is 0 Å². The summed E-state index contributed by atoms with van der Waals surface area (Å²) in [4.78, 5) is 38.1. The topological polar surface area (TPSA) is 133 Å². The van der Waals surface area contributed by atoms with Crippen LogP contribution < -0.4 is 15.3 Å². The molecule has 0 aromatic carbocycles. The van der Waals surface area contributed by atoms with E-state index in [9.17, 15) is 29.7 Å². The minimum atomic E-state index is -1.48. The van der Waals surface area contributed by atoms with Crippen LogP contribution in [-0.2, 0) is 0 Å². The van der Waals surface area contributed by atoms with Gasteiger partial charge in [-0.15, -0.1) is 0 Å². The molecule has 1 rings (SSSR count). The van der Waals surface area contributed by atoms with Crippen LogP contribution in [0.4, 0.5) is 14.4 Å². The Kier molecular flexibility index (Phi) is 10.4. The second-order valence-corrected chi connectivity index (χ2v) is 5.55. The van der Waals surface area contributed by atoms with E-state index in [0.717, 1.165) is 14.7 Å². The van der Waals surface area contributed by atoms with Crippen molar-refractivity contribution in [3.8, 4) is 0 Å². The standard InChI is InChI=1S/C13H24N4O6.Gd/c1-10-9-17(13(22)23)8-7-16(12(20)21)6-5-15(11(18)19)4-3-14(10)2;/h10H,3-9H2,1-2H3,(H,18,19)(H,20,21)(H,22,23);/q;+3/p-3. The van der Waals surface area contributed by atoms with Crippen molar-refractivity contribution in [3.05, 3.63) is 0 Å². The van der Waals surface area contributed by atoms with Gasteiger partial charge in [0.2, 0.25) is 0 Å². The van der Waals surface area contributed by atoms with Crippen molar-refractivity contribution in [2.75, 3.05) is 52.9 Å². The fourth-order valence-electron chi connectivity index (χ4n) is 2.29. The molecule has 0 bridgehead atoms. The zero-order chi connectivity index (χ0) is 17.6. The Morgan fingerprint density at radius 1 is 0.750 bits per heavy atom. The Morgan fingerprint density at radius 2 is 1.08 bits per heavy atom. The van der Waals surface area contributed by atoms with Crippen LogP contribution >= 0.6 is 0 Å². The van der Waals surface area contributed by atoms with Gasteiger partial charge in [0.15, 0.2) is 0 Å². The molecule has 10 nitrogen and oxygen atoms in total. The summed E-state index contributed by atoms with van der Waals surface area (Å²) in [6.45, 7) is 2.05. The Balaban J connectivity index is 0.00000529. The minimum Gasteiger partial charge on any atom is -0.530 e. The molecule has 1 radical (unpaired) electrons. The van der Waals surface area contributed by atoms with Crippen molar-refractivity contribution in [2.24, 2.45) is 0 Å². The van der Waals surface area contributed by atoms with E-state index in [1.807, 2.05) is 4.90 Å². The van der Waals surface area contributed by atoms with Gasteiger partial charge in [0.1, 0.15) is 18.3 Å². The first kappa shape index (κ1) is 23.1. The van der Waals surface area contributed by atoms with Crippen molar-refractivity contribution in [2.45, 2.75) is 13.0 Å². The van der Waals surface area contributed by atoms with Crippen molar-refractivity contribution in [1.29, 1.82) is 0 Å². The summed E-state index contributed by atoms with van der Waals surface area (Å²) < 4.78 is 0. The first-order valence-corrected chi connectivity index (χ1v) is 7.30. The monoisotopic (exact) mass is 487 g/mol. The van der Waals surface area contributed by atoms with Crippen LogP contribution in [0.2, 0.25) is 0 Å². The number of hydrogen-bond acceptors (Lipinski definition) is 7. The fourth-order valence-corrected chi connectivity index (χ4v) is 2.29. The van der Waals surface area contributed by atoms with E-state index in [4.69, 9.17) is 0 Å². The molecular formula is C13H21GdN4O6. The van der Waals surface area contributed by atoms with E-state index in [2.05, 4.69) is 0 Å². The van der Waals surface area contributed by atoms with Crippen LogP contribution in [0.5, 0.6) is 0 Å². The molecule has 24 heavy (non-hydrogen) atoms. The number of likely N-dealkylation sites (N-methyl/N-ethyl adjacent to an activating group) is 1. The molecule has 0 aromatic heterocycles. The maximum absolute atomic E-state index is 11.2. The largest absolute Gasteiger partial charge is 3.00 e. The molecular weight excluding hydrogens is 465 g/mol. The third-order valence-corrected chi connectivity index (χ3v) is 4.01. The molecule has 0 aliphatic carbocycles. The normalized spacial score (nSPS) is 21.2. The van der Waals surface area contributed by atoms with Gasteiger partial charge in [0, 0.05) is 51.9 Å². The average molecular weight is 487 g/mol. The summed E-state index contributed by atoms with van der Waals surface area (Å²) in [6.07, 6.45) is -4.24. The second kappa shape index (κ2) is 10.9. The molecule has 137 valence electrons. The third-order valence-electron chi connectivity index (χ3n) is 4.01. The van der Waals surface area contributed by atoms with Crippen LogP contribution in [0, 0.1) is 39.9 Å². The van der Waals surface area contributed by atoms with E-state index in [-0.39, 0.29) is 85.3 Å². The van der Waals surface area contributed by atoms with E-state index in [0.29, 0.717) is 6.54 Å². The number of carbonyl (C=O) groups is 3. The zero-order valence-corrected chi connectivity index (χ0v) is 15.9. The summed E-state index contributed by atoms with van der Waals surface area (Å²) in [5.41, 5.74) is 0. The Labute approximate surface area is 172 Å². The van der Waals surface area contributed by atoms with Gasteiger partial charge in [0.25, 0.3) is 0 Å². The van der Waals surface area contributed by atoms with Crippen LogP contribution in [0.25, 0.3) is 0 Å². The van der Waals surface area contributed by atoms with E-state index >= 15 is 0 Å². The summed E-state index contributed by atoms with van der Waals surface area (Å²) >= 11 is 0. The molecule has 0 saturated carbocycles. The van der Waals surface area contributed by atoms with Gasteiger partial charge in [-0.05, 0) is 14.0 Å². The number of nitrogens with zero attached hydrogens (tertiary/aromatic N) is 4. The average Bonchev–Trinajstić information content (AvgIpc) is 2.45. The molecule has 1 unspecified atom stereocenters. The van der Waals surface area contributed by atoms with Crippen LogP contribution in [-0.4, -0.2) is 96.8 Å². The smallest absolute Gasteiger partial charge is 0.530 e. The van der Waals surface area contributed by atoms with Gasteiger partial charge in [0.05, 0.1) is 0 Å². The maximum Gasteiger partial charge on any atom is 3.00 e. The van der Waals surface area contributed by atoms with E-state index < -0.39 is 18.3 Å². The van der Waals surface area contributed by atoms with Crippen molar-refractivity contribution in [3.63, 3.8) is 0 Å². The van der Waals surface area contributed by atoms with E-state index in [1.165, 1.54) is 0 Å². The molecule has 11 heteroatoms. The molecule has 0 aromatic rings. The van der Waals surface area contributed by atoms with Gasteiger partial charge in [-0.2, -0.15) is 0 Å².